The second-order valence-corrected chi connectivity index (χ2v) is 10.6. The Labute approximate surface area is 258 Å². The average Bonchev–Trinajstić information content (AvgIpc) is 3.02. The molecule has 6 nitrogen and oxygen atoms in total. The standard InChI is InChI=1S/C20H20N2.C18H16N2O2/c1-20(15-6-3-2-4-7-15,16-10-12-18(21)13-11-16)17-8-5-9-19(22)14-17;19-13-4-1-6-15(10-13)21-17-8-3-9-18(12-17)22-16-7-2-5-14(20)11-16/h2-14H,21-22H2,1H3;1-12H,19-20H2. The normalized spacial score (nSPS) is 11.8. The topological polar surface area (TPSA) is 123 Å². The van der Waals surface area contributed by atoms with Gasteiger partial charge < -0.3 is 32.4 Å². The van der Waals surface area contributed by atoms with Gasteiger partial charge in [0.25, 0.3) is 0 Å². The summed E-state index contributed by atoms with van der Waals surface area (Å²) in [4.78, 5) is 0. The molecule has 220 valence electrons. The Balaban J connectivity index is 0.000000175. The minimum absolute atomic E-state index is 0.273. The number of anilines is 4. The smallest absolute Gasteiger partial charge is 0.131 e. The van der Waals surface area contributed by atoms with Crippen molar-refractivity contribution in [3.63, 3.8) is 0 Å². The summed E-state index contributed by atoms with van der Waals surface area (Å²) in [7, 11) is 0. The monoisotopic (exact) mass is 580 g/mol. The van der Waals surface area contributed by atoms with Crippen LogP contribution in [0.25, 0.3) is 0 Å². The number of nitrogen functional groups attached to an aromatic ring is 4. The highest BCUT2D eigenvalue weighted by Crippen LogP contribution is 2.39. The van der Waals surface area contributed by atoms with Crippen LogP contribution in [0.5, 0.6) is 23.0 Å². The van der Waals surface area contributed by atoms with Crippen LogP contribution in [0.1, 0.15) is 23.6 Å². The number of hydrogen-bond acceptors (Lipinski definition) is 6. The van der Waals surface area contributed by atoms with Gasteiger partial charge in [-0.1, -0.05) is 72.8 Å². The second-order valence-electron chi connectivity index (χ2n) is 10.6. The zero-order chi connectivity index (χ0) is 30.9. The van der Waals surface area contributed by atoms with Crippen molar-refractivity contribution in [2.75, 3.05) is 22.9 Å². The van der Waals surface area contributed by atoms with Crippen LogP contribution in [0.4, 0.5) is 22.7 Å². The molecule has 6 heteroatoms. The van der Waals surface area contributed by atoms with E-state index in [9.17, 15) is 0 Å². The van der Waals surface area contributed by atoms with Crippen molar-refractivity contribution in [3.8, 4) is 23.0 Å². The van der Waals surface area contributed by atoms with Crippen molar-refractivity contribution >= 4 is 22.7 Å². The van der Waals surface area contributed by atoms with Gasteiger partial charge in [0.05, 0.1) is 0 Å². The number of nitrogens with two attached hydrogens (primary N) is 4. The van der Waals surface area contributed by atoms with Crippen molar-refractivity contribution in [3.05, 3.63) is 168 Å². The Kier molecular flexibility index (Phi) is 9.02. The van der Waals surface area contributed by atoms with Crippen LogP contribution in [-0.2, 0) is 5.41 Å². The Hall–Kier alpha value is -5.88. The van der Waals surface area contributed by atoms with E-state index in [1.54, 1.807) is 12.1 Å². The van der Waals surface area contributed by atoms with Crippen LogP contribution in [0.2, 0.25) is 0 Å². The van der Waals surface area contributed by atoms with Crippen molar-refractivity contribution in [1.29, 1.82) is 0 Å². The zero-order valence-corrected chi connectivity index (χ0v) is 24.6. The largest absolute Gasteiger partial charge is 0.457 e. The van der Waals surface area contributed by atoms with Crippen LogP contribution >= 0.6 is 0 Å². The number of benzene rings is 6. The molecule has 44 heavy (non-hydrogen) atoms. The van der Waals surface area contributed by atoms with E-state index in [-0.39, 0.29) is 5.41 Å². The third-order valence-corrected chi connectivity index (χ3v) is 7.30. The first-order valence-corrected chi connectivity index (χ1v) is 14.2. The van der Waals surface area contributed by atoms with Crippen molar-refractivity contribution in [2.24, 2.45) is 0 Å². The third kappa shape index (κ3) is 7.30. The first-order chi connectivity index (χ1) is 21.3. The molecule has 6 rings (SSSR count). The van der Waals surface area contributed by atoms with E-state index in [1.165, 1.54) is 16.7 Å². The molecule has 0 aliphatic heterocycles. The molecule has 1 atom stereocenters. The van der Waals surface area contributed by atoms with Crippen LogP contribution < -0.4 is 32.4 Å². The van der Waals surface area contributed by atoms with Gasteiger partial charge in [0.2, 0.25) is 0 Å². The lowest BCUT2D eigenvalue weighted by Gasteiger charge is -2.32. The third-order valence-electron chi connectivity index (χ3n) is 7.30. The molecule has 0 saturated carbocycles. The molecule has 0 amide bonds. The molecule has 0 aliphatic carbocycles. The van der Waals surface area contributed by atoms with Crippen molar-refractivity contribution in [1.82, 2.24) is 0 Å². The summed E-state index contributed by atoms with van der Waals surface area (Å²) in [6.45, 7) is 2.22. The highest BCUT2D eigenvalue weighted by Gasteiger charge is 2.31. The summed E-state index contributed by atoms with van der Waals surface area (Å²) in [6, 6.07) is 48.6. The minimum atomic E-state index is -0.273. The molecule has 0 radical (unpaired) electrons. The van der Waals surface area contributed by atoms with E-state index in [0.29, 0.717) is 34.4 Å². The lowest BCUT2D eigenvalue weighted by molar-refractivity contribution is 0.460. The minimum Gasteiger partial charge on any atom is -0.457 e. The summed E-state index contributed by atoms with van der Waals surface area (Å²) in [5.41, 5.74) is 29.5. The molecule has 0 saturated heterocycles. The van der Waals surface area contributed by atoms with Crippen molar-refractivity contribution in [2.45, 2.75) is 12.3 Å². The van der Waals surface area contributed by atoms with Gasteiger partial charge in [-0.2, -0.15) is 0 Å². The van der Waals surface area contributed by atoms with Gasteiger partial charge in [-0.25, -0.2) is 0 Å². The highest BCUT2D eigenvalue weighted by atomic mass is 16.5. The summed E-state index contributed by atoms with van der Waals surface area (Å²) >= 11 is 0. The molecular formula is C38H36N4O2. The van der Waals surface area contributed by atoms with Crippen LogP contribution in [0.3, 0.4) is 0 Å². The molecule has 6 aromatic rings. The fourth-order valence-corrected chi connectivity index (χ4v) is 4.97. The molecule has 0 spiro atoms. The Morgan fingerprint density at radius 1 is 0.364 bits per heavy atom. The van der Waals surface area contributed by atoms with E-state index in [2.05, 4.69) is 49.4 Å². The fraction of sp³-hybridized carbons (Fsp3) is 0.0526. The van der Waals surface area contributed by atoms with Gasteiger partial charge in [0.1, 0.15) is 23.0 Å². The maximum absolute atomic E-state index is 6.02. The van der Waals surface area contributed by atoms with E-state index >= 15 is 0 Å². The molecular weight excluding hydrogens is 544 g/mol. The fourth-order valence-electron chi connectivity index (χ4n) is 4.97. The lowest BCUT2D eigenvalue weighted by Crippen LogP contribution is -2.25. The number of rotatable bonds is 7. The Bertz CT molecular complexity index is 1760. The maximum Gasteiger partial charge on any atom is 0.131 e. The summed E-state index contributed by atoms with van der Waals surface area (Å²) in [6.07, 6.45) is 0. The van der Waals surface area contributed by atoms with Crippen LogP contribution in [0.15, 0.2) is 152 Å². The first kappa shape index (κ1) is 29.6. The predicted octanol–water partition coefficient (Wildman–Crippen LogP) is 8.64. The van der Waals surface area contributed by atoms with Gasteiger partial charge >= 0.3 is 0 Å². The molecule has 0 aromatic heterocycles. The molecule has 0 bridgehead atoms. The van der Waals surface area contributed by atoms with E-state index in [4.69, 9.17) is 32.4 Å². The Morgan fingerprint density at radius 3 is 1.27 bits per heavy atom. The van der Waals surface area contributed by atoms with Gasteiger partial charge in [-0.15, -0.1) is 0 Å². The average molecular weight is 581 g/mol. The zero-order valence-electron chi connectivity index (χ0n) is 24.6. The molecule has 6 aromatic carbocycles. The maximum atomic E-state index is 6.02. The van der Waals surface area contributed by atoms with Gasteiger partial charge in [-0.05, 0) is 84.3 Å². The van der Waals surface area contributed by atoms with Crippen molar-refractivity contribution < 1.29 is 9.47 Å². The summed E-state index contributed by atoms with van der Waals surface area (Å²) < 4.78 is 11.6. The molecule has 0 aliphatic rings. The molecule has 8 N–H and O–H groups in total. The Morgan fingerprint density at radius 2 is 0.773 bits per heavy atom. The highest BCUT2D eigenvalue weighted by molar-refractivity contribution is 5.55. The second kappa shape index (κ2) is 13.4. The lowest BCUT2D eigenvalue weighted by atomic mass is 9.71. The first-order valence-electron chi connectivity index (χ1n) is 14.2. The number of ether oxygens (including phenoxy) is 2. The van der Waals surface area contributed by atoms with Crippen LogP contribution in [0, 0.1) is 0 Å². The summed E-state index contributed by atoms with van der Waals surface area (Å²) in [5, 5.41) is 0. The van der Waals surface area contributed by atoms with Gasteiger partial charge in [0.15, 0.2) is 0 Å². The van der Waals surface area contributed by atoms with E-state index < -0.39 is 0 Å². The number of hydrogen-bond donors (Lipinski definition) is 4. The molecule has 1 unspecified atom stereocenters. The van der Waals surface area contributed by atoms with E-state index in [0.717, 1.165) is 11.4 Å². The molecule has 0 heterocycles. The van der Waals surface area contributed by atoms with Gasteiger partial charge in [0, 0.05) is 46.4 Å². The quantitative estimate of drug-likeness (QED) is 0.111. The molecule has 0 fully saturated rings. The van der Waals surface area contributed by atoms with E-state index in [1.807, 2.05) is 97.1 Å². The van der Waals surface area contributed by atoms with Crippen LogP contribution in [-0.4, -0.2) is 0 Å². The SMILES string of the molecule is CC(c1ccccc1)(c1ccc(N)cc1)c1cccc(N)c1.Nc1cccc(Oc2cccc(Oc3cccc(N)c3)c2)c1. The van der Waals surface area contributed by atoms with Gasteiger partial charge in [-0.3, -0.25) is 0 Å². The predicted molar refractivity (Wildman–Crippen MR) is 182 cm³/mol. The summed E-state index contributed by atoms with van der Waals surface area (Å²) in [5.74, 6) is 2.71.